The molecule has 3 aliphatic heterocycles. The van der Waals surface area contributed by atoms with Crippen LogP contribution in [0.5, 0.6) is 17.2 Å². The first-order chi connectivity index (χ1) is 20.4. The zero-order valence-electron chi connectivity index (χ0n) is 24.4. The van der Waals surface area contributed by atoms with Gasteiger partial charge < -0.3 is 24.2 Å². The number of likely N-dealkylation sites (tertiary alicyclic amines) is 1. The molecular formula is C31H39N3O8. The molecule has 1 saturated heterocycles. The molecule has 0 spiro atoms. The van der Waals surface area contributed by atoms with Crippen LogP contribution >= 0.6 is 0 Å². The van der Waals surface area contributed by atoms with Crippen LogP contribution in [0.1, 0.15) is 50.2 Å². The summed E-state index contributed by atoms with van der Waals surface area (Å²) in [5.41, 5.74) is 2.55. The van der Waals surface area contributed by atoms with E-state index in [2.05, 4.69) is 0 Å². The molecule has 3 heterocycles. The number of hydroxylamine groups is 2. The Balaban J connectivity index is 1.45. The SMILES string of the molecule is CCCON(CCC)C(=O)CN1C[C@H](c2cc(OC)c3c(c2)OCO3)C(C(=O)O)[C@@H]1CCN1C(=O)Cc2ccccc21. The van der Waals surface area contributed by atoms with Gasteiger partial charge >= 0.3 is 5.97 Å². The van der Waals surface area contributed by atoms with Crippen LogP contribution in [0, 0.1) is 5.92 Å². The Kier molecular flexibility index (Phi) is 9.18. The van der Waals surface area contributed by atoms with Crippen molar-refractivity contribution in [2.75, 3.05) is 51.6 Å². The van der Waals surface area contributed by atoms with E-state index in [1.807, 2.05) is 49.1 Å². The molecule has 226 valence electrons. The van der Waals surface area contributed by atoms with Crippen molar-refractivity contribution in [3.8, 4) is 17.2 Å². The number of methoxy groups -OCH3 is 1. The highest BCUT2D eigenvalue weighted by Gasteiger charge is 2.48. The molecule has 3 atom stereocenters. The van der Waals surface area contributed by atoms with Crippen molar-refractivity contribution in [2.45, 2.75) is 51.5 Å². The van der Waals surface area contributed by atoms with Gasteiger partial charge in [-0.1, -0.05) is 32.0 Å². The molecule has 0 bridgehead atoms. The number of hydrogen-bond acceptors (Lipinski definition) is 8. The summed E-state index contributed by atoms with van der Waals surface area (Å²) in [6.45, 7) is 5.55. The number of fused-ring (bicyclic) bond motifs is 2. The fourth-order valence-electron chi connectivity index (χ4n) is 6.30. The predicted molar refractivity (Wildman–Crippen MR) is 154 cm³/mol. The molecule has 5 rings (SSSR count). The number of anilines is 1. The van der Waals surface area contributed by atoms with E-state index in [0.717, 1.165) is 29.7 Å². The molecule has 1 unspecified atom stereocenters. The van der Waals surface area contributed by atoms with Gasteiger partial charge in [0.05, 0.1) is 32.6 Å². The normalized spacial score (nSPS) is 21.1. The lowest BCUT2D eigenvalue weighted by Gasteiger charge is -2.30. The summed E-state index contributed by atoms with van der Waals surface area (Å²) in [4.78, 5) is 48.7. The number of para-hydroxylation sites is 1. The van der Waals surface area contributed by atoms with E-state index >= 15 is 0 Å². The summed E-state index contributed by atoms with van der Waals surface area (Å²) in [6, 6.07) is 10.8. The second-order valence-electron chi connectivity index (χ2n) is 10.9. The van der Waals surface area contributed by atoms with Crippen molar-refractivity contribution < 1.29 is 38.5 Å². The van der Waals surface area contributed by atoms with Gasteiger partial charge in [-0.3, -0.25) is 24.1 Å². The van der Waals surface area contributed by atoms with Crippen LogP contribution < -0.4 is 19.1 Å². The molecule has 0 saturated carbocycles. The Hall–Kier alpha value is -3.83. The molecule has 3 aliphatic rings. The molecule has 2 aromatic rings. The minimum atomic E-state index is -0.961. The van der Waals surface area contributed by atoms with E-state index in [0.29, 0.717) is 56.3 Å². The number of carboxylic acids is 1. The maximum Gasteiger partial charge on any atom is 0.308 e. The Morgan fingerprint density at radius 2 is 1.95 bits per heavy atom. The molecular weight excluding hydrogens is 542 g/mol. The molecule has 2 amide bonds. The fraction of sp³-hybridized carbons (Fsp3) is 0.516. The minimum absolute atomic E-state index is 0.000874. The van der Waals surface area contributed by atoms with Crippen molar-refractivity contribution in [3.63, 3.8) is 0 Å². The second kappa shape index (κ2) is 13.0. The van der Waals surface area contributed by atoms with Gasteiger partial charge in [-0.05, 0) is 48.6 Å². The molecule has 42 heavy (non-hydrogen) atoms. The number of carbonyl (C=O) groups is 3. The summed E-state index contributed by atoms with van der Waals surface area (Å²) in [7, 11) is 1.53. The highest BCUT2D eigenvalue weighted by molar-refractivity contribution is 6.01. The summed E-state index contributed by atoms with van der Waals surface area (Å²) in [6.07, 6.45) is 2.20. The van der Waals surface area contributed by atoms with Crippen molar-refractivity contribution >= 4 is 23.5 Å². The fourth-order valence-corrected chi connectivity index (χ4v) is 6.30. The molecule has 1 N–H and O–H groups in total. The average molecular weight is 582 g/mol. The van der Waals surface area contributed by atoms with E-state index in [4.69, 9.17) is 19.0 Å². The van der Waals surface area contributed by atoms with Crippen LogP contribution in [-0.4, -0.2) is 85.6 Å². The number of amides is 2. The number of carboxylic acid groups (broad SMARTS) is 1. The second-order valence-corrected chi connectivity index (χ2v) is 10.9. The number of carbonyl (C=O) groups excluding carboxylic acids is 2. The van der Waals surface area contributed by atoms with Crippen molar-refractivity contribution in [3.05, 3.63) is 47.5 Å². The minimum Gasteiger partial charge on any atom is -0.493 e. The van der Waals surface area contributed by atoms with Gasteiger partial charge in [-0.2, -0.15) is 0 Å². The molecule has 2 aromatic carbocycles. The smallest absolute Gasteiger partial charge is 0.308 e. The van der Waals surface area contributed by atoms with Gasteiger partial charge in [0, 0.05) is 37.3 Å². The number of nitrogens with zero attached hydrogens (tertiary/aromatic N) is 3. The molecule has 0 radical (unpaired) electrons. The third-order valence-corrected chi connectivity index (χ3v) is 8.21. The molecule has 11 heteroatoms. The maximum atomic E-state index is 13.5. The van der Waals surface area contributed by atoms with E-state index in [9.17, 15) is 19.5 Å². The van der Waals surface area contributed by atoms with E-state index in [-0.39, 0.29) is 25.2 Å². The number of benzene rings is 2. The lowest BCUT2D eigenvalue weighted by molar-refractivity contribution is -0.188. The maximum absolute atomic E-state index is 13.5. The predicted octanol–water partition coefficient (Wildman–Crippen LogP) is 3.45. The summed E-state index contributed by atoms with van der Waals surface area (Å²) >= 11 is 0. The Morgan fingerprint density at radius 3 is 2.69 bits per heavy atom. The lowest BCUT2D eigenvalue weighted by atomic mass is 9.84. The van der Waals surface area contributed by atoms with Gasteiger partial charge in [0.2, 0.25) is 18.4 Å². The highest BCUT2D eigenvalue weighted by Crippen LogP contribution is 2.47. The summed E-state index contributed by atoms with van der Waals surface area (Å²) < 4.78 is 16.7. The van der Waals surface area contributed by atoms with Crippen LogP contribution in [0.25, 0.3) is 0 Å². The lowest BCUT2D eigenvalue weighted by Crippen LogP contribution is -2.45. The van der Waals surface area contributed by atoms with Gasteiger partial charge in [-0.25, -0.2) is 5.06 Å². The Bertz CT molecular complexity index is 1320. The first-order valence-corrected chi connectivity index (χ1v) is 14.6. The van der Waals surface area contributed by atoms with Crippen LogP contribution in [-0.2, 0) is 25.6 Å². The zero-order valence-corrected chi connectivity index (χ0v) is 24.4. The first kappa shape index (κ1) is 29.7. The van der Waals surface area contributed by atoms with E-state index in [1.165, 1.54) is 12.2 Å². The zero-order chi connectivity index (χ0) is 29.8. The third-order valence-electron chi connectivity index (χ3n) is 8.21. The number of rotatable bonds is 13. The van der Waals surface area contributed by atoms with E-state index in [1.54, 1.807) is 11.0 Å². The molecule has 0 aliphatic carbocycles. The third kappa shape index (κ3) is 5.89. The monoisotopic (exact) mass is 581 g/mol. The van der Waals surface area contributed by atoms with Crippen LogP contribution in [0.15, 0.2) is 36.4 Å². The van der Waals surface area contributed by atoms with Crippen molar-refractivity contribution in [2.24, 2.45) is 5.92 Å². The van der Waals surface area contributed by atoms with Gasteiger partial charge in [0.1, 0.15) is 0 Å². The van der Waals surface area contributed by atoms with Crippen molar-refractivity contribution in [1.82, 2.24) is 9.96 Å². The molecule has 1 fully saturated rings. The van der Waals surface area contributed by atoms with Gasteiger partial charge in [-0.15, -0.1) is 0 Å². The number of aliphatic carboxylic acids is 1. The summed E-state index contributed by atoms with van der Waals surface area (Å²) in [5.74, 6) is -1.03. The van der Waals surface area contributed by atoms with Crippen LogP contribution in [0.4, 0.5) is 5.69 Å². The quantitative estimate of drug-likeness (QED) is 0.355. The number of ether oxygens (including phenoxy) is 3. The average Bonchev–Trinajstić information content (AvgIpc) is 3.68. The van der Waals surface area contributed by atoms with Gasteiger partial charge in [0.25, 0.3) is 5.91 Å². The highest BCUT2D eigenvalue weighted by atomic mass is 16.7. The summed E-state index contributed by atoms with van der Waals surface area (Å²) in [5, 5.41) is 12.0. The topological polar surface area (TPSA) is 118 Å². The van der Waals surface area contributed by atoms with Crippen LogP contribution in [0.2, 0.25) is 0 Å². The molecule has 0 aromatic heterocycles. The van der Waals surface area contributed by atoms with E-state index < -0.39 is 23.8 Å². The van der Waals surface area contributed by atoms with Crippen molar-refractivity contribution in [1.29, 1.82) is 0 Å². The number of hydrogen-bond donors (Lipinski definition) is 1. The largest absolute Gasteiger partial charge is 0.493 e. The van der Waals surface area contributed by atoms with Crippen LogP contribution in [0.3, 0.4) is 0 Å². The standard InChI is InChI=1S/C31H39N3O8/c1-4-11-34(42-13-5-2)28(36)18-32-17-22(21-14-25(39-3)30-26(15-21)40-19-41-30)29(31(37)38)24(32)10-12-33-23-9-7-6-8-20(23)16-27(33)35/h6-9,14-15,22,24,29H,4-5,10-13,16-19H2,1-3H3,(H,37,38)/t22-,24+,29?/m1/s1. The Labute approximate surface area is 245 Å². The molecule has 11 nitrogen and oxygen atoms in total. The first-order valence-electron chi connectivity index (χ1n) is 14.6. The Morgan fingerprint density at radius 1 is 1.14 bits per heavy atom. The van der Waals surface area contributed by atoms with Gasteiger partial charge in [0.15, 0.2) is 11.5 Å².